The predicted octanol–water partition coefficient (Wildman–Crippen LogP) is 3.39. The van der Waals surface area contributed by atoms with Gasteiger partial charge in [0.2, 0.25) is 0 Å². The van der Waals surface area contributed by atoms with Crippen molar-refractivity contribution in [3.8, 4) is 0 Å². The van der Waals surface area contributed by atoms with Crippen molar-refractivity contribution in [2.75, 3.05) is 24.5 Å². The Bertz CT molecular complexity index is 356. The molecule has 1 fully saturated rings. The van der Waals surface area contributed by atoms with Crippen molar-refractivity contribution in [3.05, 3.63) is 29.8 Å². The normalized spacial score (nSPS) is 21.1. The molecule has 1 heterocycles. The van der Waals surface area contributed by atoms with E-state index in [4.69, 9.17) is 0 Å². The Hall–Kier alpha value is -1.02. The van der Waals surface area contributed by atoms with Crippen molar-refractivity contribution in [3.63, 3.8) is 0 Å². The smallest absolute Gasteiger partial charge is 0.0366 e. The van der Waals surface area contributed by atoms with Crippen LogP contribution in [0.2, 0.25) is 0 Å². The zero-order valence-corrected chi connectivity index (χ0v) is 11.9. The first-order valence-corrected chi connectivity index (χ1v) is 7.29. The number of nitrogens with zero attached hydrogens (tertiary/aromatic N) is 1. The van der Waals surface area contributed by atoms with Gasteiger partial charge in [-0.1, -0.05) is 32.9 Å². The van der Waals surface area contributed by atoms with E-state index in [-0.39, 0.29) is 0 Å². The van der Waals surface area contributed by atoms with Gasteiger partial charge in [-0.3, -0.25) is 0 Å². The van der Waals surface area contributed by atoms with Gasteiger partial charge in [0.1, 0.15) is 0 Å². The molecule has 1 atom stereocenters. The molecular formula is C16H26N2. The topological polar surface area (TPSA) is 15.3 Å². The van der Waals surface area contributed by atoms with Crippen molar-refractivity contribution in [1.82, 2.24) is 5.32 Å². The van der Waals surface area contributed by atoms with E-state index < -0.39 is 0 Å². The predicted molar refractivity (Wildman–Crippen MR) is 79.4 cm³/mol. The number of hydrogen-bond donors (Lipinski definition) is 1. The lowest BCUT2D eigenvalue weighted by atomic mass is 10.0. The number of hydrogen-bond acceptors (Lipinski definition) is 2. The van der Waals surface area contributed by atoms with Gasteiger partial charge in [0.25, 0.3) is 0 Å². The first kappa shape index (κ1) is 13.4. The third-order valence-corrected chi connectivity index (χ3v) is 3.90. The van der Waals surface area contributed by atoms with Crippen LogP contribution in [0.4, 0.5) is 5.69 Å². The lowest BCUT2D eigenvalue weighted by molar-refractivity contribution is 0.528. The molecule has 2 nitrogen and oxygen atoms in total. The third-order valence-electron chi connectivity index (χ3n) is 3.90. The molecule has 100 valence electrons. The summed E-state index contributed by atoms with van der Waals surface area (Å²) >= 11 is 0. The molecule has 2 rings (SSSR count). The van der Waals surface area contributed by atoms with Crippen LogP contribution in [0.1, 0.15) is 45.1 Å². The average Bonchev–Trinajstić information content (AvgIpc) is 2.64. The fourth-order valence-corrected chi connectivity index (χ4v) is 2.58. The minimum atomic E-state index is 0.619. The fourth-order valence-electron chi connectivity index (χ4n) is 2.58. The van der Waals surface area contributed by atoms with Crippen LogP contribution in [0.25, 0.3) is 0 Å². The Morgan fingerprint density at radius 3 is 2.61 bits per heavy atom. The van der Waals surface area contributed by atoms with Gasteiger partial charge in [-0.15, -0.1) is 0 Å². The molecule has 18 heavy (non-hydrogen) atoms. The maximum absolute atomic E-state index is 3.62. The number of rotatable bonds is 3. The summed E-state index contributed by atoms with van der Waals surface area (Å²) in [5.41, 5.74) is 2.81. The van der Waals surface area contributed by atoms with Gasteiger partial charge in [0, 0.05) is 24.8 Å². The highest BCUT2D eigenvalue weighted by Gasteiger charge is 2.16. The first-order chi connectivity index (χ1) is 8.70. The first-order valence-electron chi connectivity index (χ1n) is 7.29. The lowest BCUT2D eigenvalue weighted by Gasteiger charge is -2.26. The molecule has 0 aliphatic carbocycles. The molecule has 0 spiro atoms. The zero-order chi connectivity index (χ0) is 13.0. The largest absolute Gasteiger partial charge is 0.370 e. The third kappa shape index (κ3) is 3.26. The van der Waals surface area contributed by atoms with Gasteiger partial charge in [-0.2, -0.15) is 0 Å². The van der Waals surface area contributed by atoms with E-state index in [1.165, 1.54) is 30.6 Å². The number of anilines is 1. The van der Waals surface area contributed by atoms with E-state index in [1.54, 1.807) is 0 Å². The van der Waals surface area contributed by atoms with E-state index in [9.17, 15) is 0 Å². The van der Waals surface area contributed by atoms with Gasteiger partial charge in [-0.25, -0.2) is 0 Å². The van der Waals surface area contributed by atoms with Crippen LogP contribution < -0.4 is 10.2 Å². The highest BCUT2D eigenvalue weighted by molar-refractivity contribution is 5.48. The second-order valence-corrected chi connectivity index (χ2v) is 5.61. The van der Waals surface area contributed by atoms with Crippen molar-refractivity contribution < 1.29 is 0 Å². The van der Waals surface area contributed by atoms with Gasteiger partial charge in [0.05, 0.1) is 0 Å². The molecule has 1 aromatic rings. The molecule has 2 heteroatoms. The Labute approximate surface area is 111 Å². The van der Waals surface area contributed by atoms with E-state index in [2.05, 4.69) is 55.3 Å². The van der Waals surface area contributed by atoms with E-state index >= 15 is 0 Å². The summed E-state index contributed by atoms with van der Waals surface area (Å²) in [6, 6.07) is 9.76. The maximum Gasteiger partial charge on any atom is 0.0366 e. The van der Waals surface area contributed by atoms with Crippen LogP contribution in [0.3, 0.4) is 0 Å². The molecule has 1 saturated heterocycles. The molecule has 0 radical (unpaired) electrons. The van der Waals surface area contributed by atoms with Gasteiger partial charge in [0.15, 0.2) is 0 Å². The quantitative estimate of drug-likeness (QED) is 0.879. The molecule has 1 aliphatic rings. The second-order valence-electron chi connectivity index (χ2n) is 5.61. The molecule has 1 aromatic carbocycles. The zero-order valence-electron chi connectivity index (χ0n) is 11.9. The lowest BCUT2D eigenvalue weighted by Crippen LogP contribution is -2.37. The van der Waals surface area contributed by atoms with Crippen molar-refractivity contribution in [2.45, 2.75) is 45.6 Å². The summed E-state index contributed by atoms with van der Waals surface area (Å²) in [7, 11) is 0. The summed E-state index contributed by atoms with van der Waals surface area (Å²) in [5, 5.41) is 3.62. The molecule has 1 aliphatic heterocycles. The highest BCUT2D eigenvalue weighted by atomic mass is 15.2. The minimum Gasteiger partial charge on any atom is -0.370 e. The van der Waals surface area contributed by atoms with E-state index in [1.807, 2.05) is 0 Å². The summed E-state index contributed by atoms with van der Waals surface area (Å²) in [6.45, 7) is 10.2. The minimum absolute atomic E-state index is 0.619. The summed E-state index contributed by atoms with van der Waals surface area (Å²) in [4.78, 5) is 2.53. The van der Waals surface area contributed by atoms with Crippen LogP contribution in [0, 0.1) is 0 Å². The molecule has 0 saturated carbocycles. The van der Waals surface area contributed by atoms with E-state index in [0.29, 0.717) is 12.0 Å². The van der Waals surface area contributed by atoms with Crippen LogP contribution in [-0.2, 0) is 0 Å². The van der Waals surface area contributed by atoms with Crippen molar-refractivity contribution in [2.24, 2.45) is 0 Å². The van der Waals surface area contributed by atoms with Crippen LogP contribution in [0.15, 0.2) is 24.3 Å². The molecule has 1 N–H and O–H groups in total. The molecule has 1 unspecified atom stereocenters. The molecule has 0 amide bonds. The Morgan fingerprint density at radius 2 is 2.00 bits per heavy atom. The Morgan fingerprint density at radius 1 is 1.28 bits per heavy atom. The number of benzene rings is 1. The molecular weight excluding hydrogens is 220 g/mol. The highest BCUT2D eigenvalue weighted by Crippen LogP contribution is 2.21. The Kier molecular flexibility index (Phi) is 4.65. The maximum atomic E-state index is 3.62. The summed E-state index contributed by atoms with van der Waals surface area (Å²) < 4.78 is 0. The summed E-state index contributed by atoms with van der Waals surface area (Å²) in [6.07, 6.45) is 2.45. The standard InChI is InChI=1S/C16H26N2/c1-4-15-12-18(11-5-10-17-15)16-8-6-14(7-9-16)13(2)3/h6-9,13,15,17H,4-5,10-12H2,1-3H3. The monoisotopic (exact) mass is 246 g/mol. The van der Waals surface area contributed by atoms with Crippen molar-refractivity contribution >= 4 is 5.69 Å². The molecule has 0 aromatic heterocycles. The van der Waals surface area contributed by atoms with Crippen LogP contribution >= 0.6 is 0 Å². The molecule has 0 bridgehead atoms. The number of nitrogens with one attached hydrogen (secondary N) is 1. The Balaban J connectivity index is 2.09. The van der Waals surface area contributed by atoms with Crippen LogP contribution in [0.5, 0.6) is 0 Å². The summed E-state index contributed by atoms with van der Waals surface area (Å²) in [5.74, 6) is 0.619. The van der Waals surface area contributed by atoms with E-state index in [0.717, 1.165) is 13.1 Å². The van der Waals surface area contributed by atoms with Crippen molar-refractivity contribution in [1.29, 1.82) is 0 Å². The van der Waals surface area contributed by atoms with Crippen LogP contribution in [-0.4, -0.2) is 25.7 Å². The fraction of sp³-hybridized carbons (Fsp3) is 0.625. The van der Waals surface area contributed by atoms with Gasteiger partial charge in [-0.05, 0) is 43.0 Å². The average molecular weight is 246 g/mol. The second kappa shape index (κ2) is 6.24. The SMILES string of the molecule is CCC1CN(c2ccc(C(C)C)cc2)CCCN1. The van der Waals surface area contributed by atoms with Gasteiger partial charge < -0.3 is 10.2 Å². The van der Waals surface area contributed by atoms with Gasteiger partial charge >= 0.3 is 0 Å².